The number of aromatic nitrogens is 1. The third-order valence-corrected chi connectivity index (χ3v) is 6.46. The maximum atomic E-state index is 13.5. The van der Waals surface area contributed by atoms with E-state index in [1.165, 1.54) is 12.1 Å². The van der Waals surface area contributed by atoms with Crippen molar-refractivity contribution in [2.75, 3.05) is 6.54 Å². The van der Waals surface area contributed by atoms with E-state index in [0.29, 0.717) is 12.1 Å². The highest BCUT2D eigenvalue weighted by molar-refractivity contribution is 7.10. The lowest BCUT2D eigenvalue weighted by Crippen LogP contribution is -2.40. The highest BCUT2D eigenvalue weighted by atomic mass is 32.1. The number of ether oxygens (including phenoxy) is 1. The zero-order valence-corrected chi connectivity index (χ0v) is 17.0. The van der Waals surface area contributed by atoms with Crippen molar-refractivity contribution in [1.82, 2.24) is 9.88 Å². The van der Waals surface area contributed by atoms with Gasteiger partial charge in [-0.3, -0.25) is 4.79 Å². The number of carbonyl (C=O) groups is 1. The van der Waals surface area contributed by atoms with E-state index >= 15 is 0 Å². The number of nitrogens with one attached hydrogen (secondary N) is 1. The highest BCUT2D eigenvalue weighted by Gasteiger charge is 2.34. The van der Waals surface area contributed by atoms with E-state index in [0.717, 1.165) is 33.3 Å². The molecule has 31 heavy (non-hydrogen) atoms. The Morgan fingerprint density at radius 2 is 1.90 bits per heavy atom. The molecule has 3 heterocycles. The van der Waals surface area contributed by atoms with Crippen LogP contribution >= 0.6 is 11.3 Å². The molecule has 0 saturated heterocycles. The summed E-state index contributed by atoms with van der Waals surface area (Å²) in [6.45, 7) is 0.527. The van der Waals surface area contributed by atoms with Gasteiger partial charge in [-0.25, -0.2) is 0 Å². The van der Waals surface area contributed by atoms with E-state index in [1.807, 2.05) is 35.8 Å². The predicted molar refractivity (Wildman–Crippen MR) is 112 cm³/mol. The average molecular weight is 442 g/mol. The van der Waals surface area contributed by atoms with Crippen LogP contribution in [0.1, 0.15) is 32.4 Å². The van der Waals surface area contributed by atoms with Gasteiger partial charge in [-0.05, 0) is 65.4 Å². The molecule has 0 bridgehead atoms. The Balaban J connectivity index is 1.51. The maximum Gasteiger partial charge on any atom is 0.573 e. The summed E-state index contributed by atoms with van der Waals surface area (Å²) >= 11 is 1.55. The second-order valence-corrected chi connectivity index (χ2v) is 8.31. The highest BCUT2D eigenvalue weighted by Crippen LogP contribution is 2.40. The van der Waals surface area contributed by atoms with Crippen LogP contribution < -0.4 is 4.74 Å². The third-order valence-electron chi connectivity index (χ3n) is 5.45. The number of thiophene rings is 1. The lowest BCUT2D eigenvalue weighted by atomic mass is 9.94. The molecule has 1 aliphatic rings. The van der Waals surface area contributed by atoms with Crippen LogP contribution in [0.25, 0.3) is 10.9 Å². The smallest absolute Gasteiger partial charge is 0.406 e. The first-order valence-electron chi connectivity index (χ1n) is 9.69. The number of amides is 1. The quantitative estimate of drug-likeness (QED) is 0.428. The van der Waals surface area contributed by atoms with Gasteiger partial charge in [0.25, 0.3) is 5.91 Å². The standard InChI is InChI=1S/C23H17F3N2O2S/c24-23(25,26)30-18-4-1-14(2-5-18)20-21-15(9-12-31-21)8-11-28(20)22(29)17-3-6-19-16(13-17)7-10-27-19/h1-7,9-10,12-13,20,27H,8,11H2. The number of benzene rings is 2. The fourth-order valence-corrected chi connectivity index (χ4v) is 5.15. The summed E-state index contributed by atoms with van der Waals surface area (Å²) in [4.78, 5) is 19.4. The largest absolute Gasteiger partial charge is 0.573 e. The van der Waals surface area contributed by atoms with Crippen LogP contribution in [-0.2, 0) is 6.42 Å². The Kier molecular flexibility index (Phi) is 4.74. The van der Waals surface area contributed by atoms with Crippen molar-refractivity contribution in [2.45, 2.75) is 18.8 Å². The van der Waals surface area contributed by atoms with Gasteiger partial charge in [0, 0.05) is 34.1 Å². The van der Waals surface area contributed by atoms with E-state index in [1.54, 1.807) is 34.4 Å². The van der Waals surface area contributed by atoms with Crippen LogP contribution in [-0.4, -0.2) is 28.7 Å². The van der Waals surface area contributed by atoms with Gasteiger partial charge in [0.15, 0.2) is 0 Å². The Bertz CT molecular complexity index is 1240. The summed E-state index contributed by atoms with van der Waals surface area (Å²) in [5, 5.41) is 2.93. The fourth-order valence-electron chi connectivity index (χ4n) is 4.06. The Hall–Kier alpha value is -3.26. The number of hydrogen-bond acceptors (Lipinski definition) is 3. The topological polar surface area (TPSA) is 45.3 Å². The predicted octanol–water partition coefficient (Wildman–Crippen LogP) is 5.92. The van der Waals surface area contributed by atoms with E-state index in [4.69, 9.17) is 0 Å². The Morgan fingerprint density at radius 1 is 1.10 bits per heavy atom. The van der Waals surface area contributed by atoms with Crippen molar-refractivity contribution >= 4 is 28.1 Å². The molecule has 1 aliphatic heterocycles. The summed E-state index contributed by atoms with van der Waals surface area (Å²) in [7, 11) is 0. The van der Waals surface area contributed by atoms with Crippen molar-refractivity contribution in [3.8, 4) is 5.75 Å². The minimum absolute atomic E-state index is 0.109. The number of nitrogens with zero attached hydrogens (tertiary/aromatic N) is 1. The lowest BCUT2D eigenvalue weighted by Gasteiger charge is -2.36. The first-order valence-corrected chi connectivity index (χ1v) is 10.6. The fraction of sp³-hybridized carbons (Fsp3) is 0.174. The molecule has 4 nitrogen and oxygen atoms in total. The number of halogens is 3. The molecule has 1 atom stereocenters. The van der Waals surface area contributed by atoms with Crippen LogP contribution in [0.15, 0.2) is 66.2 Å². The number of hydrogen-bond donors (Lipinski definition) is 1. The van der Waals surface area contributed by atoms with Crippen LogP contribution in [0.2, 0.25) is 0 Å². The molecule has 1 N–H and O–H groups in total. The van der Waals surface area contributed by atoms with Crippen LogP contribution in [0.3, 0.4) is 0 Å². The zero-order valence-electron chi connectivity index (χ0n) is 16.1. The first-order chi connectivity index (χ1) is 14.9. The molecule has 2 aromatic heterocycles. The summed E-state index contributed by atoms with van der Waals surface area (Å²) in [5.41, 5.74) is 3.44. The second-order valence-electron chi connectivity index (χ2n) is 7.36. The van der Waals surface area contributed by atoms with Crippen molar-refractivity contribution in [1.29, 1.82) is 0 Å². The summed E-state index contributed by atoms with van der Waals surface area (Å²) < 4.78 is 41.6. The van der Waals surface area contributed by atoms with Crippen LogP contribution in [0.5, 0.6) is 5.75 Å². The SMILES string of the molecule is O=C(c1ccc2[nH]ccc2c1)N1CCc2ccsc2C1c1ccc(OC(F)(F)F)cc1. The third kappa shape index (κ3) is 3.79. The van der Waals surface area contributed by atoms with Gasteiger partial charge in [-0.2, -0.15) is 0 Å². The van der Waals surface area contributed by atoms with E-state index < -0.39 is 6.36 Å². The summed E-state index contributed by atoms with van der Waals surface area (Å²) in [6.07, 6.45) is -2.18. The minimum Gasteiger partial charge on any atom is -0.406 e. The first kappa shape index (κ1) is 19.7. The molecular formula is C23H17F3N2O2S. The maximum absolute atomic E-state index is 13.5. The van der Waals surface area contributed by atoms with Crippen molar-refractivity contribution in [3.05, 3.63) is 87.7 Å². The molecule has 8 heteroatoms. The van der Waals surface area contributed by atoms with Gasteiger partial charge in [0.05, 0.1) is 6.04 Å². The number of fused-ring (bicyclic) bond motifs is 2. The van der Waals surface area contributed by atoms with Gasteiger partial charge in [-0.1, -0.05) is 12.1 Å². The van der Waals surface area contributed by atoms with Crippen LogP contribution in [0, 0.1) is 0 Å². The summed E-state index contributed by atoms with van der Waals surface area (Å²) in [5.74, 6) is -0.392. The van der Waals surface area contributed by atoms with Gasteiger partial charge in [0.1, 0.15) is 5.75 Å². The zero-order chi connectivity index (χ0) is 21.6. The molecule has 2 aromatic carbocycles. The van der Waals surface area contributed by atoms with E-state index in [2.05, 4.69) is 9.72 Å². The van der Waals surface area contributed by atoms with E-state index in [9.17, 15) is 18.0 Å². The molecule has 4 aromatic rings. The summed E-state index contributed by atoms with van der Waals surface area (Å²) in [6, 6.07) is 14.9. The number of rotatable bonds is 3. The minimum atomic E-state index is -4.74. The number of aromatic amines is 1. The lowest BCUT2D eigenvalue weighted by molar-refractivity contribution is -0.274. The van der Waals surface area contributed by atoms with Crippen molar-refractivity contribution in [2.24, 2.45) is 0 Å². The molecule has 0 saturated carbocycles. The van der Waals surface area contributed by atoms with Crippen molar-refractivity contribution in [3.63, 3.8) is 0 Å². The monoisotopic (exact) mass is 442 g/mol. The molecule has 1 unspecified atom stereocenters. The molecule has 0 fully saturated rings. The van der Waals surface area contributed by atoms with Gasteiger partial charge in [-0.15, -0.1) is 24.5 Å². The molecule has 5 rings (SSSR count). The van der Waals surface area contributed by atoms with Crippen molar-refractivity contribution < 1.29 is 22.7 Å². The molecule has 0 spiro atoms. The Labute approximate surface area is 179 Å². The molecular weight excluding hydrogens is 425 g/mol. The molecule has 0 aliphatic carbocycles. The van der Waals surface area contributed by atoms with Gasteiger partial charge < -0.3 is 14.6 Å². The normalized spacial score (nSPS) is 16.4. The number of H-pyrrole nitrogens is 1. The number of alkyl halides is 3. The average Bonchev–Trinajstić information content (AvgIpc) is 3.40. The molecule has 0 radical (unpaired) electrons. The second kappa shape index (κ2) is 7.46. The van der Waals surface area contributed by atoms with Gasteiger partial charge >= 0.3 is 6.36 Å². The Morgan fingerprint density at radius 3 is 2.68 bits per heavy atom. The molecule has 158 valence electrons. The molecule has 1 amide bonds. The van der Waals surface area contributed by atoms with Gasteiger partial charge in [0.2, 0.25) is 0 Å². The van der Waals surface area contributed by atoms with Crippen LogP contribution in [0.4, 0.5) is 13.2 Å². The van der Waals surface area contributed by atoms with E-state index in [-0.39, 0.29) is 17.7 Å². The number of carbonyl (C=O) groups excluding carboxylic acids is 1.